The summed E-state index contributed by atoms with van der Waals surface area (Å²) in [5.74, 6) is -0.0930. The van der Waals surface area contributed by atoms with E-state index in [4.69, 9.17) is 5.73 Å². The first-order valence-electron chi connectivity index (χ1n) is 6.28. The SMILES string of the molecule is NCC(c1ccc(F)cc1)C1(CO)CCCC1. The second kappa shape index (κ2) is 5.15. The highest BCUT2D eigenvalue weighted by Gasteiger charge is 2.40. The van der Waals surface area contributed by atoms with Gasteiger partial charge in [0.2, 0.25) is 0 Å². The third kappa shape index (κ3) is 2.35. The Bertz CT molecular complexity index is 357. The van der Waals surface area contributed by atoms with Crippen LogP contribution in [0.25, 0.3) is 0 Å². The van der Waals surface area contributed by atoms with Crippen molar-refractivity contribution in [3.8, 4) is 0 Å². The maximum absolute atomic E-state index is 12.9. The first-order chi connectivity index (χ1) is 8.22. The van der Waals surface area contributed by atoms with Crippen molar-refractivity contribution in [3.63, 3.8) is 0 Å². The summed E-state index contributed by atoms with van der Waals surface area (Å²) in [5.41, 5.74) is 6.83. The maximum Gasteiger partial charge on any atom is 0.123 e. The Morgan fingerprint density at radius 1 is 1.24 bits per heavy atom. The summed E-state index contributed by atoms with van der Waals surface area (Å²) in [5, 5.41) is 9.70. The van der Waals surface area contributed by atoms with Crippen molar-refractivity contribution >= 4 is 0 Å². The average Bonchev–Trinajstić information content (AvgIpc) is 2.82. The summed E-state index contributed by atoms with van der Waals surface area (Å²) in [6.07, 6.45) is 4.34. The van der Waals surface area contributed by atoms with Crippen molar-refractivity contribution in [2.45, 2.75) is 31.6 Å². The second-order valence-corrected chi connectivity index (χ2v) is 5.07. The van der Waals surface area contributed by atoms with Crippen LogP contribution in [0.15, 0.2) is 24.3 Å². The first kappa shape index (κ1) is 12.5. The van der Waals surface area contributed by atoms with E-state index in [0.717, 1.165) is 31.2 Å². The molecule has 0 amide bonds. The van der Waals surface area contributed by atoms with Crippen LogP contribution in [-0.4, -0.2) is 18.3 Å². The Balaban J connectivity index is 2.28. The minimum Gasteiger partial charge on any atom is -0.396 e. The number of hydrogen-bond acceptors (Lipinski definition) is 2. The topological polar surface area (TPSA) is 46.2 Å². The molecule has 0 radical (unpaired) electrons. The zero-order chi connectivity index (χ0) is 12.3. The van der Waals surface area contributed by atoms with Crippen LogP contribution in [0.4, 0.5) is 4.39 Å². The summed E-state index contributed by atoms with van der Waals surface area (Å²) in [6.45, 7) is 0.679. The molecule has 0 bridgehead atoms. The molecule has 1 atom stereocenters. The van der Waals surface area contributed by atoms with Crippen LogP contribution in [0.5, 0.6) is 0 Å². The number of aliphatic hydroxyl groups excluding tert-OH is 1. The number of nitrogens with two attached hydrogens (primary N) is 1. The average molecular weight is 237 g/mol. The Morgan fingerprint density at radius 3 is 2.29 bits per heavy atom. The highest BCUT2D eigenvalue weighted by molar-refractivity contribution is 5.24. The quantitative estimate of drug-likeness (QED) is 0.844. The van der Waals surface area contributed by atoms with Gasteiger partial charge in [0.1, 0.15) is 5.82 Å². The zero-order valence-electron chi connectivity index (χ0n) is 10.0. The molecule has 0 aliphatic heterocycles. The van der Waals surface area contributed by atoms with E-state index in [0.29, 0.717) is 6.54 Å². The van der Waals surface area contributed by atoms with Crippen LogP contribution in [0, 0.1) is 11.2 Å². The van der Waals surface area contributed by atoms with Crippen molar-refractivity contribution in [1.29, 1.82) is 0 Å². The minimum absolute atomic E-state index is 0.0907. The third-order valence-corrected chi connectivity index (χ3v) is 4.16. The molecule has 2 nitrogen and oxygen atoms in total. The zero-order valence-corrected chi connectivity index (χ0v) is 10.0. The van der Waals surface area contributed by atoms with Crippen LogP contribution in [0.2, 0.25) is 0 Å². The first-order valence-corrected chi connectivity index (χ1v) is 6.28. The molecule has 1 unspecified atom stereocenters. The summed E-state index contributed by atoms with van der Waals surface area (Å²) < 4.78 is 12.9. The van der Waals surface area contributed by atoms with Crippen LogP contribution in [0.3, 0.4) is 0 Å². The molecule has 0 heterocycles. The van der Waals surface area contributed by atoms with Crippen LogP contribution < -0.4 is 5.73 Å². The molecule has 0 spiro atoms. The molecule has 1 aliphatic carbocycles. The number of rotatable bonds is 4. The molecule has 94 valence electrons. The van der Waals surface area contributed by atoms with Gasteiger partial charge in [0, 0.05) is 17.9 Å². The molecule has 0 saturated heterocycles. The molecular weight excluding hydrogens is 217 g/mol. The summed E-state index contributed by atoms with van der Waals surface area (Å²) in [7, 11) is 0. The standard InChI is InChI=1S/C14H20FNO/c15-12-5-3-11(4-6-12)13(9-16)14(10-17)7-1-2-8-14/h3-6,13,17H,1-2,7-10,16H2. The van der Waals surface area contributed by atoms with Gasteiger partial charge in [0.05, 0.1) is 0 Å². The highest BCUT2D eigenvalue weighted by Crippen LogP contribution is 2.48. The molecule has 1 aromatic rings. The Labute approximate surface area is 102 Å². The summed E-state index contributed by atoms with van der Waals surface area (Å²) >= 11 is 0. The molecule has 1 saturated carbocycles. The van der Waals surface area contributed by atoms with E-state index >= 15 is 0 Å². The van der Waals surface area contributed by atoms with Crippen molar-refractivity contribution < 1.29 is 9.50 Å². The van der Waals surface area contributed by atoms with Gasteiger partial charge in [-0.25, -0.2) is 4.39 Å². The lowest BCUT2D eigenvalue weighted by Crippen LogP contribution is -2.34. The lowest BCUT2D eigenvalue weighted by Gasteiger charge is -2.35. The number of halogens is 1. The van der Waals surface area contributed by atoms with Gasteiger partial charge in [-0.15, -0.1) is 0 Å². The fourth-order valence-electron chi connectivity index (χ4n) is 3.13. The molecule has 1 aliphatic rings. The van der Waals surface area contributed by atoms with Gasteiger partial charge in [-0.1, -0.05) is 25.0 Å². The molecule has 0 aromatic heterocycles. The largest absolute Gasteiger partial charge is 0.396 e. The van der Waals surface area contributed by atoms with Gasteiger partial charge < -0.3 is 10.8 Å². The van der Waals surface area contributed by atoms with E-state index in [1.165, 1.54) is 12.1 Å². The van der Waals surface area contributed by atoms with E-state index in [-0.39, 0.29) is 23.8 Å². The predicted molar refractivity (Wildman–Crippen MR) is 66.2 cm³/mol. The summed E-state index contributed by atoms with van der Waals surface area (Å²) in [6, 6.07) is 6.53. The highest BCUT2D eigenvalue weighted by atomic mass is 19.1. The van der Waals surface area contributed by atoms with Crippen molar-refractivity contribution in [1.82, 2.24) is 0 Å². The van der Waals surface area contributed by atoms with E-state index in [2.05, 4.69) is 0 Å². The molecule has 1 aromatic carbocycles. The lowest BCUT2D eigenvalue weighted by atomic mass is 9.71. The maximum atomic E-state index is 12.9. The van der Waals surface area contributed by atoms with E-state index < -0.39 is 0 Å². The number of benzene rings is 1. The van der Waals surface area contributed by atoms with Crippen LogP contribution >= 0.6 is 0 Å². The fourth-order valence-corrected chi connectivity index (χ4v) is 3.13. The molecule has 17 heavy (non-hydrogen) atoms. The van der Waals surface area contributed by atoms with Gasteiger partial charge in [-0.3, -0.25) is 0 Å². The molecule has 3 N–H and O–H groups in total. The van der Waals surface area contributed by atoms with Gasteiger partial charge in [0.15, 0.2) is 0 Å². The third-order valence-electron chi connectivity index (χ3n) is 4.16. The smallest absolute Gasteiger partial charge is 0.123 e. The van der Waals surface area contributed by atoms with Crippen molar-refractivity contribution in [2.75, 3.05) is 13.2 Å². The number of aliphatic hydroxyl groups is 1. The minimum atomic E-state index is -0.228. The van der Waals surface area contributed by atoms with Crippen LogP contribution in [-0.2, 0) is 0 Å². The fraction of sp³-hybridized carbons (Fsp3) is 0.571. The Morgan fingerprint density at radius 2 is 1.82 bits per heavy atom. The number of hydrogen-bond donors (Lipinski definition) is 2. The van der Waals surface area contributed by atoms with Gasteiger partial charge in [-0.05, 0) is 37.1 Å². The van der Waals surface area contributed by atoms with E-state index in [1.54, 1.807) is 12.1 Å². The van der Waals surface area contributed by atoms with Gasteiger partial charge >= 0.3 is 0 Å². The second-order valence-electron chi connectivity index (χ2n) is 5.07. The Kier molecular flexibility index (Phi) is 3.79. The van der Waals surface area contributed by atoms with E-state index in [1.807, 2.05) is 0 Å². The molecule has 1 fully saturated rings. The summed E-state index contributed by atoms with van der Waals surface area (Å²) in [4.78, 5) is 0. The molecule has 3 heteroatoms. The van der Waals surface area contributed by atoms with Crippen molar-refractivity contribution in [3.05, 3.63) is 35.6 Å². The van der Waals surface area contributed by atoms with E-state index in [9.17, 15) is 9.50 Å². The molecular formula is C14H20FNO. The van der Waals surface area contributed by atoms with Gasteiger partial charge in [-0.2, -0.15) is 0 Å². The molecule has 2 rings (SSSR count). The van der Waals surface area contributed by atoms with Gasteiger partial charge in [0.25, 0.3) is 0 Å². The van der Waals surface area contributed by atoms with Crippen LogP contribution in [0.1, 0.15) is 37.2 Å². The Hall–Kier alpha value is -0.930. The predicted octanol–water partition coefficient (Wildman–Crippen LogP) is 2.42. The van der Waals surface area contributed by atoms with Crippen molar-refractivity contribution in [2.24, 2.45) is 11.1 Å². The monoisotopic (exact) mass is 237 g/mol. The normalized spacial score (nSPS) is 20.4. The lowest BCUT2D eigenvalue weighted by molar-refractivity contribution is 0.102.